The van der Waals surface area contributed by atoms with Crippen molar-refractivity contribution in [3.63, 3.8) is 0 Å². The van der Waals surface area contributed by atoms with Crippen LogP contribution in [0.4, 0.5) is 0 Å². The molecule has 0 aromatic carbocycles. The molecule has 0 amide bonds. The summed E-state index contributed by atoms with van der Waals surface area (Å²) in [6, 6.07) is 0. The maximum Gasteiger partial charge on any atom is 0.102 e. The number of aliphatic hydroxyl groups is 3. The van der Waals surface area contributed by atoms with E-state index in [2.05, 4.69) is 0 Å². The molecule has 13 heavy (non-hydrogen) atoms. The Labute approximate surface area is 78.8 Å². The van der Waals surface area contributed by atoms with Crippen molar-refractivity contribution in [2.75, 3.05) is 20.2 Å². The number of nitrogens with zero attached hydrogens (tertiary/aromatic N) is 1. The van der Waals surface area contributed by atoms with Crippen LogP contribution in [0.1, 0.15) is 19.8 Å². The molecule has 3 N–H and O–H groups in total. The van der Waals surface area contributed by atoms with E-state index in [9.17, 15) is 15.3 Å². The summed E-state index contributed by atoms with van der Waals surface area (Å²) in [5, 5.41) is 28.5. The van der Waals surface area contributed by atoms with Crippen molar-refractivity contribution in [2.24, 2.45) is 0 Å². The molecule has 0 saturated carbocycles. The van der Waals surface area contributed by atoms with E-state index in [1.54, 1.807) is 0 Å². The predicted molar refractivity (Wildman–Crippen MR) is 49.4 cm³/mol. The fourth-order valence-electron chi connectivity index (χ4n) is 2.21. The number of likely N-dealkylation sites (tertiary alicyclic amines) is 1. The standard InChI is InChI=1S/C9H19NO3/c1-3-4-9(6-11)8(13)7(12)5-10(9)2/h7-8,11-13H,3-6H2,1-2H3. The van der Waals surface area contributed by atoms with Gasteiger partial charge in [-0.15, -0.1) is 0 Å². The molecule has 0 aromatic heterocycles. The average Bonchev–Trinajstić information content (AvgIpc) is 2.31. The van der Waals surface area contributed by atoms with Gasteiger partial charge in [-0.25, -0.2) is 0 Å². The molecule has 1 rings (SSSR count). The topological polar surface area (TPSA) is 63.9 Å². The van der Waals surface area contributed by atoms with Crippen LogP contribution in [0, 0.1) is 0 Å². The predicted octanol–water partition coefficient (Wildman–Crippen LogP) is -0.815. The molecule has 1 aliphatic rings. The smallest absolute Gasteiger partial charge is 0.102 e. The van der Waals surface area contributed by atoms with Crippen LogP contribution < -0.4 is 0 Å². The molecule has 78 valence electrons. The number of hydrogen-bond donors (Lipinski definition) is 3. The molecular weight excluding hydrogens is 170 g/mol. The van der Waals surface area contributed by atoms with Crippen LogP contribution in [-0.4, -0.2) is 58.2 Å². The third kappa shape index (κ3) is 1.59. The van der Waals surface area contributed by atoms with E-state index in [1.807, 2.05) is 18.9 Å². The lowest BCUT2D eigenvalue weighted by atomic mass is 9.88. The van der Waals surface area contributed by atoms with Gasteiger partial charge in [0.2, 0.25) is 0 Å². The average molecular weight is 189 g/mol. The Kier molecular flexibility index (Phi) is 3.29. The van der Waals surface area contributed by atoms with Crippen LogP contribution >= 0.6 is 0 Å². The molecule has 0 spiro atoms. The van der Waals surface area contributed by atoms with Gasteiger partial charge in [-0.05, 0) is 13.5 Å². The van der Waals surface area contributed by atoms with Gasteiger partial charge in [0.1, 0.15) is 6.10 Å². The molecule has 4 nitrogen and oxygen atoms in total. The normalized spacial score (nSPS) is 41.3. The molecular formula is C9H19NO3. The molecule has 4 heteroatoms. The highest BCUT2D eigenvalue weighted by atomic mass is 16.3. The summed E-state index contributed by atoms with van der Waals surface area (Å²) in [5.41, 5.74) is -0.631. The highest BCUT2D eigenvalue weighted by molar-refractivity contribution is 5.04. The Morgan fingerprint density at radius 1 is 1.46 bits per heavy atom. The van der Waals surface area contributed by atoms with E-state index < -0.39 is 17.7 Å². The van der Waals surface area contributed by atoms with Gasteiger partial charge in [0, 0.05) is 6.54 Å². The molecule has 1 saturated heterocycles. The van der Waals surface area contributed by atoms with Crippen LogP contribution in [0.5, 0.6) is 0 Å². The second kappa shape index (κ2) is 3.92. The molecule has 1 heterocycles. The van der Waals surface area contributed by atoms with E-state index in [0.717, 1.165) is 6.42 Å². The summed E-state index contributed by atoms with van der Waals surface area (Å²) >= 11 is 0. The third-order valence-electron chi connectivity index (χ3n) is 3.09. The molecule has 0 aromatic rings. The van der Waals surface area contributed by atoms with Crippen LogP contribution in [-0.2, 0) is 0 Å². The summed E-state index contributed by atoms with van der Waals surface area (Å²) in [6.45, 7) is 2.33. The summed E-state index contributed by atoms with van der Waals surface area (Å²) in [5.74, 6) is 0. The van der Waals surface area contributed by atoms with Crippen molar-refractivity contribution < 1.29 is 15.3 Å². The van der Waals surface area contributed by atoms with Gasteiger partial charge < -0.3 is 15.3 Å². The molecule has 0 aliphatic carbocycles. The zero-order valence-electron chi connectivity index (χ0n) is 8.27. The third-order valence-corrected chi connectivity index (χ3v) is 3.09. The van der Waals surface area contributed by atoms with Crippen molar-refractivity contribution in [1.82, 2.24) is 4.90 Å². The zero-order chi connectivity index (χ0) is 10.1. The quantitative estimate of drug-likeness (QED) is 0.543. The van der Waals surface area contributed by atoms with Crippen LogP contribution in [0.3, 0.4) is 0 Å². The first-order chi connectivity index (χ1) is 6.08. The van der Waals surface area contributed by atoms with Gasteiger partial charge in [-0.3, -0.25) is 4.90 Å². The van der Waals surface area contributed by atoms with Crippen LogP contribution in [0.25, 0.3) is 0 Å². The fourth-order valence-corrected chi connectivity index (χ4v) is 2.21. The SMILES string of the molecule is CCCC1(CO)C(O)C(O)CN1C. The first-order valence-corrected chi connectivity index (χ1v) is 4.76. The number of β-amino-alcohol motifs (C(OH)–C–C–N with tert-alkyl or cyclic N) is 1. The number of aliphatic hydroxyl groups excluding tert-OH is 3. The van der Waals surface area contributed by atoms with Crippen LogP contribution in [0.15, 0.2) is 0 Å². The lowest BCUT2D eigenvalue weighted by Crippen LogP contribution is -2.52. The highest BCUT2D eigenvalue weighted by Gasteiger charge is 2.50. The molecule has 0 radical (unpaired) electrons. The van der Waals surface area contributed by atoms with Crippen molar-refractivity contribution in [3.8, 4) is 0 Å². The first kappa shape index (κ1) is 10.9. The monoisotopic (exact) mass is 189 g/mol. The van der Waals surface area contributed by atoms with Gasteiger partial charge in [-0.1, -0.05) is 13.3 Å². The van der Waals surface area contributed by atoms with Gasteiger partial charge in [0.15, 0.2) is 0 Å². The van der Waals surface area contributed by atoms with Gasteiger partial charge in [0.05, 0.1) is 18.2 Å². The Morgan fingerprint density at radius 2 is 2.08 bits per heavy atom. The van der Waals surface area contributed by atoms with Crippen molar-refractivity contribution >= 4 is 0 Å². The first-order valence-electron chi connectivity index (χ1n) is 4.76. The maximum atomic E-state index is 9.76. The summed E-state index contributed by atoms with van der Waals surface area (Å²) in [4.78, 5) is 1.85. The van der Waals surface area contributed by atoms with E-state index in [4.69, 9.17) is 0 Å². The van der Waals surface area contributed by atoms with E-state index in [-0.39, 0.29) is 6.61 Å². The maximum absolute atomic E-state index is 9.76. The van der Waals surface area contributed by atoms with Crippen molar-refractivity contribution in [2.45, 2.75) is 37.5 Å². The van der Waals surface area contributed by atoms with E-state index in [1.165, 1.54) is 0 Å². The Hall–Kier alpha value is -0.160. The molecule has 3 atom stereocenters. The summed E-state index contributed by atoms with van der Waals surface area (Å²) in [6.07, 6.45) is 0.0264. The Balaban J connectivity index is 2.82. The molecule has 1 aliphatic heterocycles. The van der Waals surface area contributed by atoms with E-state index >= 15 is 0 Å². The van der Waals surface area contributed by atoms with Crippen LogP contribution in [0.2, 0.25) is 0 Å². The highest BCUT2D eigenvalue weighted by Crippen LogP contribution is 2.32. The molecule has 0 bridgehead atoms. The minimum atomic E-state index is -0.831. The second-order valence-corrected chi connectivity index (χ2v) is 3.90. The number of rotatable bonds is 3. The van der Waals surface area contributed by atoms with Gasteiger partial charge in [-0.2, -0.15) is 0 Å². The largest absolute Gasteiger partial charge is 0.394 e. The number of likely N-dealkylation sites (N-methyl/N-ethyl adjacent to an activating group) is 1. The fraction of sp³-hybridized carbons (Fsp3) is 1.00. The Morgan fingerprint density at radius 3 is 2.38 bits per heavy atom. The molecule has 3 unspecified atom stereocenters. The summed E-state index contributed by atoms with van der Waals surface area (Å²) in [7, 11) is 1.82. The lowest BCUT2D eigenvalue weighted by Gasteiger charge is -2.36. The second-order valence-electron chi connectivity index (χ2n) is 3.90. The van der Waals surface area contributed by atoms with E-state index in [0.29, 0.717) is 13.0 Å². The number of hydrogen-bond acceptors (Lipinski definition) is 4. The molecule has 1 fully saturated rings. The van der Waals surface area contributed by atoms with Gasteiger partial charge in [0.25, 0.3) is 0 Å². The minimum absolute atomic E-state index is 0.102. The lowest BCUT2D eigenvalue weighted by molar-refractivity contribution is -0.0368. The summed E-state index contributed by atoms with van der Waals surface area (Å²) < 4.78 is 0. The van der Waals surface area contributed by atoms with Gasteiger partial charge >= 0.3 is 0 Å². The Bertz CT molecular complexity index is 176. The van der Waals surface area contributed by atoms with Crippen molar-refractivity contribution in [3.05, 3.63) is 0 Å². The van der Waals surface area contributed by atoms with Crippen molar-refractivity contribution in [1.29, 1.82) is 0 Å². The minimum Gasteiger partial charge on any atom is -0.394 e. The zero-order valence-corrected chi connectivity index (χ0v) is 8.27.